The van der Waals surface area contributed by atoms with Crippen molar-refractivity contribution in [2.24, 2.45) is 0 Å². The molecule has 7 heteroatoms. The molecular formula is C27H29NO4S2. The minimum Gasteiger partial charge on any atom is -0.744 e. The predicted molar refractivity (Wildman–Crippen MR) is 141 cm³/mol. The Hall–Kier alpha value is -3.00. The highest BCUT2D eigenvalue weighted by molar-refractivity contribution is 7.85. The van der Waals surface area contributed by atoms with E-state index in [-0.39, 0.29) is 15.4 Å². The lowest BCUT2D eigenvalue weighted by molar-refractivity contribution is 0.267. The molecule has 0 radical (unpaired) electrons. The van der Waals surface area contributed by atoms with Gasteiger partial charge in [-0.05, 0) is 62.9 Å². The van der Waals surface area contributed by atoms with E-state index in [0.717, 1.165) is 22.4 Å². The average molecular weight is 496 g/mol. The smallest absolute Gasteiger partial charge is 0.267 e. The largest absolute Gasteiger partial charge is 0.744 e. The standard InChI is InChI=1S/C20H22NOS.C7H8O3S/c1-4-22-14-15(3)10-13-19-21-20-17-9-7-6-8-16(17)11-12-18(20)23(19)5-2;1-6-2-4-7(5-3-6)11(8,9)10/h6-14H,4-5H2,1-3H3;2-5H,1H3,(H,8,9,10)/q+1;/p-1. The van der Waals surface area contributed by atoms with Crippen LogP contribution in [-0.2, 0) is 20.6 Å². The van der Waals surface area contributed by atoms with Gasteiger partial charge >= 0.3 is 0 Å². The van der Waals surface area contributed by atoms with Crippen molar-refractivity contribution >= 4 is 47.7 Å². The average Bonchev–Trinajstić information content (AvgIpc) is 3.19. The second-order valence-electron chi connectivity index (χ2n) is 7.68. The van der Waals surface area contributed by atoms with Crippen LogP contribution in [0.5, 0.6) is 0 Å². The molecule has 1 aromatic heterocycles. The Morgan fingerprint density at radius 2 is 1.76 bits per heavy atom. The van der Waals surface area contributed by atoms with Crippen LogP contribution >= 0.6 is 10.5 Å². The van der Waals surface area contributed by atoms with Gasteiger partial charge in [-0.1, -0.05) is 42.0 Å². The van der Waals surface area contributed by atoms with Crippen molar-refractivity contribution in [2.45, 2.75) is 38.3 Å². The molecule has 0 saturated heterocycles. The Morgan fingerprint density at radius 1 is 1.06 bits per heavy atom. The van der Waals surface area contributed by atoms with Crippen molar-refractivity contribution in [1.29, 1.82) is 0 Å². The molecule has 3 aromatic carbocycles. The molecule has 0 spiro atoms. The van der Waals surface area contributed by atoms with Gasteiger partial charge in [0.15, 0.2) is 0 Å². The third-order valence-electron chi connectivity index (χ3n) is 5.13. The van der Waals surface area contributed by atoms with E-state index < -0.39 is 10.1 Å². The fourth-order valence-electron chi connectivity index (χ4n) is 3.41. The lowest BCUT2D eigenvalue weighted by Crippen LogP contribution is -1.97. The molecule has 0 amide bonds. The van der Waals surface area contributed by atoms with Crippen LogP contribution in [0.4, 0.5) is 0 Å². The molecule has 1 heterocycles. The van der Waals surface area contributed by atoms with Crippen LogP contribution in [0.1, 0.15) is 31.3 Å². The van der Waals surface area contributed by atoms with Crippen LogP contribution in [-0.4, -0.2) is 24.6 Å². The maximum atomic E-state index is 10.4. The fourth-order valence-corrected chi connectivity index (χ4v) is 5.77. The van der Waals surface area contributed by atoms with E-state index in [9.17, 15) is 13.0 Å². The van der Waals surface area contributed by atoms with Gasteiger partial charge in [0.1, 0.15) is 21.4 Å². The van der Waals surface area contributed by atoms with Crippen LogP contribution in [0.2, 0.25) is 0 Å². The number of fused-ring (bicyclic) bond motifs is 3. The van der Waals surface area contributed by atoms with Crippen LogP contribution in [0.3, 0.4) is 0 Å². The van der Waals surface area contributed by atoms with Crippen molar-refractivity contribution in [3.05, 3.63) is 89.1 Å². The number of allylic oxidation sites excluding steroid dienone is 2. The highest BCUT2D eigenvalue weighted by atomic mass is 32.2. The molecular weight excluding hydrogens is 466 g/mol. The number of aryl methyl sites for hydroxylation is 2. The van der Waals surface area contributed by atoms with Crippen LogP contribution in [0.25, 0.3) is 27.1 Å². The topological polar surface area (TPSA) is 79.3 Å². The van der Waals surface area contributed by atoms with Gasteiger partial charge < -0.3 is 9.29 Å². The zero-order valence-electron chi connectivity index (χ0n) is 19.8. The summed E-state index contributed by atoms with van der Waals surface area (Å²) in [6.45, 7) is 8.79. The first-order valence-electron chi connectivity index (χ1n) is 11.0. The normalized spacial score (nSPS) is 12.7. The maximum absolute atomic E-state index is 10.4. The molecule has 0 saturated carbocycles. The molecule has 0 fully saturated rings. The minimum absolute atomic E-state index is 0.0700. The second kappa shape index (κ2) is 11.4. The molecule has 5 nitrogen and oxygen atoms in total. The van der Waals surface area contributed by atoms with Crippen molar-refractivity contribution in [3.63, 3.8) is 0 Å². The van der Waals surface area contributed by atoms with Gasteiger partial charge in [0, 0.05) is 28.0 Å². The first-order chi connectivity index (χ1) is 16.2. The van der Waals surface area contributed by atoms with E-state index in [4.69, 9.17) is 9.72 Å². The zero-order valence-corrected chi connectivity index (χ0v) is 21.4. The van der Waals surface area contributed by atoms with Gasteiger partial charge in [0.05, 0.1) is 17.8 Å². The number of benzene rings is 3. The van der Waals surface area contributed by atoms with E-state index in [1.54, 1.807) is 18.4 Å². The minimum atomic E-state index is -4.27. The summed E-state index contributed by atoms with van der Waals surface area (Å²) < 4.78 is 37.9. The van der Waals surface area contributed by atoms with E-state index >= 15 is 0 Å². The molecule has 0 N–H and O–H groups in total. The summed E-state index contributed by atoms with van der Waals surface area (Å²) in [5, 5.41) is 3.68. The number of thiazole rings is 1. The summed E-state index contributed by atoms with van der Waals surface area (Å²) in [5.41, 5.74) is 3.19. The predicted octanol–water partition coefficient (Wildman–Crippen LogP) is 7.01. The molecule has 0 bridgehead atoms. The van der Waals surface area contributed by atoms with Gasteiger partial charge in [0.2, 0.25) is 4.70 Å². The number of hydrogen-bond donors (Lipinski definition) is 0. The van der Waals surface area contributed by atoms with Gasteiger partial charge in [-0.2, -0.15) is 4.98 Å². The lowest BCUT2D eigenvalue weighted by Gasteiger charge is -2.05. The Kier molecular flexibility index (Phi) is 8.61. The Balaban J connectivity index is 0.000000248. The molecule has 0 aliphatic carbocycles. The summed E-state index contributed by atoms with van der Waals surface area (Å²) in [6.07, 6.45) is 6.04. The van der Waals surface area contributed by atoms with E-state index in [1.165, 1.54) is 32.6 Å². The Labute approximate surface area is 204 Å². The highest BCUT2D eigenvalue weighted by Gasteiger charge is 2.20. The van der Waals surface area contributed by atoms with Crippen molar-refractivity contribution < 1.29 is 17.7 Å². The van der Waals surface area contributed by atoms with Crippen LogP contribution in [0.15, 0.2) is 83.5 Å². The van der Waals surface area contributed by atoms with E-state index in [1.807, 2.05) is 20.8 Å². The molecule has 34 heavy (non-hydrogen) atoms. The Bertz CT molecular complexity index is 1430. The monoisotopic (exact) mass is 495 g/mol. The number of nitrogens with zero attached hydrogens (tertiary/aromatic N) is 1. The first kappa shape index (κ1) is 25.6. The van der Waals surface area contributed by atoms with Gasteiger partial charge in [-0.25, -0.2) is 8.42 Å². The fraction of sp³-hybridized carbons (Fsp3) is 0.222. The van der Waals surface area contributed by atoms with E-state index in [0.29, 0.717) is 6.61 Å². The number of aromatic nitrogens is 1. The number of rotatable bonds is 6. The van der Waals surface area contributed by atoms with Gasteiger partial charge in [-0.15, -0.1) is 0 Å². The summed E-state index contributed by atoms with van der Waals surface area (Å²) in [7, 11) is -4.20. The molecule has 1 unspecified atom stereocenters. The van der Waals surface area contributed by atoms with Gasteiger partial charge in [0.25, 0.3) is 5.01 Å². The van der Waals surface area contributed by atoms with E-state index in [2.05, 4.69) is 55.5 Å². The van der Waals surface area contributed by atoms with Gasteiger partial charge in [-0.3, -0.25) is 0 Å². The molecule has 178 valence electrons. The van der Waals surface area contributed by atoms with Crippen LogP contribution in [0, 0.1) is 6.92 Å². The molecule has 0 aliphatic rings. The van der Waals surface area contributed by atoms with Crippen molar-refractivity contribution in [2.75, 3.05) is 6.61 Å². The third-order valence-corrected chi connectivity index (χ3v) is 8.15. The zero-order chi connectivity index (χ0) is 24.7. The second-order valence-corrected chi connectivity index (χ2v) is 11.3. The van der Waals surface area contributed by atoms with Crippen molar-refractivity contribution in [1.82, 2.24) is 4.98 Å². The Morgan fingerprint density at radius 3 is 2.41 bits per heavy atom. The quantitative estimate of drug-likeness (QED) is 0.124. The molecule has 4 rings (SSSR count). The third kappa shape index (κ3) is 6.32. The molecule has 1 atom stereocenters. The summed E-state index contributed by atoms with van der Waals surface area (Å²) >= 11 is 0. The number of ether oxygens (including phenoxy) is 1. The summed E-state index contributed by atoms with van der Waals surface area (Å²) in [4.78, 5) is 4.78. The number of hydrogen-bond acceptors (Lipinski definition) is 5. The highest BCUT2D eigenvalue weighted by Crippen LogP contribution is 2.38. The first-order valence-corrected chi connectivity index (χ1v) is 13.8. The molecule has 0 aliphatic heterocycles. The molecule has 4 aromatic rings. The summed E-state index contributed by atoms with van der Waals surface area (Å²) in [5.74, 6) is 1.09. The van der Waals surface area contributed by atoms with Crippen molar-refractivity contribution in [3.8, 4) is 0 Å². The SMILES string of the molecule is CCOC=C(C)C=Cc1nc2c3ccccc3ccc2[s+]1CC.Cc1ccc(S(=O)(=O)[O-])cc1. The lowest BCUT2D eigenvalue weighted by atomic mass is 10.1. The van der Waals surface area contributed by atoms with Crippen LogP contribution < -0.4 is 0 Å². The summed E-state index contributed by atoms with van der Waals surface area (Å²) in [6, 6.07) is 18.7. The maximum Gasteiger partial charge on any atom is 0.267 e.